The van der Waals surface area contributed by atoms with Crippen LogP contribution in [0.25, 0.3) is 0 Å². The number of aromatic nitrogens is 2. The highest BCUT2D eigenvalue weighted by molar-refractivity contribution is 5.92. The number of halogens is 3. The van der Waals surface area contributed by atoms with Crippen molar-refractivity contribution in [3.05, 3.63) is 41.2 Å². The quantitative estimate of drug-likeness (QED) is 0.759. The van der Waals surface area contributed by atoms with Gasteiger partial charge in [-0.2, -0.15) is 5.10 Å². The molecule has 1 aromatic carbocycles. The number of anilines is 1. The zero-order valence-corrected chi connectivity index (χ0v) is 15.9. The Morgan fingerprint density at radius 1 is 1.26 bits per heavy atom. The maximum Gasteiger partial charge on any atom is 0.573 e. The number of nitrogens with zero attached hydrogens (tertiary/aromatic N) is 2. The summed E-state index contributed by atoms with van der Waals surface area (Å²) in [5.41, 5.74) is 2.85. The first-order valence-electron chi connectivity index (χ1n) is 8.74. The van der Waals surface area contributed by atoms with Crippen LogP contribution in [-0.2, 0) is 17.8 Å². The van der Waals surface area contributed by atoms with Crippen LogP contribution >= 0.6 is 0 Å². The SMILES string of the molecule is Cc1nn(CC(C)C)c(C)c1CCC(=O)Nc1ccccc1OC(F)(F)F. The van der Waals surface area contributed by atoms with Gasteiger partial charge in [0.25, 0.3) is 0 Å². The summed E-state index contributed by atoms with van der Waals surface area (Å²) >= 11 is 0. The first-order valence-corrected chi connectivity index (χ1v) is 8.74. The van der Waals surface area contributed by atoms with E-state index in [9.17, 15) is 18.0 Å². The Hall–Kier alpha value is -2.51. The third-order valence-corrected chi connectivity index (χ3v) is 4.06. The minimum Gasteiger partial charge on any atom is -0.404 e. The molecular formula is C19H24F3N3O2. The Labute approximate surface area is 156 Å². The van der Waals surface area contributed by atoms with E-state index in [1.165, 1.54) is 18.2 Å². The van der Waals surface area contributed by atoms with Gasteiger partial charge in [-0.05, 0) is 43.9 Å². The Morgan fingerprint density at radius 3 is 2.56 bits per heavy atom. The number of rotatable bonds is 7. The van der Waals surface area contributed by atoms with Crippen LogP contribution in [0.5, 0.6) is 5.75 Å². The normalized spacial score (nSPS) is 11.7. The molecule has 0 spiro atoms. The number of ether oxygens (including phenoxy) is 1. The van der Waals surface area contributed by atoms with E-state index in [0.717, 1.165) is 29.6 Å². The third-order valence-electron chi connectivity index (χ3n) is 4.06. The van der Waals surface area contributed by atoms with Crippen molar-refractivity contribution in [2.75, 3.05) is 5.32 Å². The van der Waals surface area contributed by atoms with Gasteiger partial charge in [-0.3, -0.25) is 9.48 Å². The van der Waals surface area contributed by atoms with Crippen molar-refractivity contribution in [3.63, 3.8) is 0 Å². The van der Waals surface area contributed by atoms with Crippen LogP contribution in [0.2, 0.25) is 0 Å². The van der Waals surface area contributed by atoms with E-state index >= 15 is 0 Å². The van der Waals surface area contributed by atoms with E-state index < -0.39 is 12.1 Å². The molecule has 5 nitrogen and oxygen atoms in total. The van der Waals surface area contributed by atoms with Crippen molar-refractivity contribution in [3.8, 4) is 5.75 Å². The first-order chi connectivity index (χ1) is 12.6. The summed E-state index contributed by atoms with van der Waals surface area (Å²) in [5.74, 6) is -0.372. The summed E-state index contributed by atoms with van der Waals surface area (Å²) in [5, 5.41) is 7.00. The molecule has 27 heavy (non-hydrogen) atoms. The van der Waals surface area contributed by atoms with Crippen molar-refractivity contribution < 1.29 is 22.7 Å². The van der Waals surface area contributed by atoms with Crippen LogP contribution in [0.3, 0.4) is 0 Å². The molecule has 0 bridgehead atoms. The van der Waals surface area contributed by atoms with Gasteiger partial charge in [-0.15, -0.1) is 13.2 Å². The average molecular weight is 383 g/mol. The predicted octanol–water partition coefficient (Wildman–Crippen LogP) is 4.63. The van der Waals surface area contributed by atoms with Gasteiger partial charge >= 0.3 is 6.36 Å². The standard InChI is InChI=1S/C19H24F3N3O2/c1-12(2)11-25-14(4)15(13(3)24-25)9-10-18(26)23-16-7-5-6-8-17(16)27-19(20,21)22/h5-8,12H,9-11H2,1-4H3,(H,23,26). The number of alkyl halides is 3. The van der Waals surface area contributed by atoms with E-state index in [4.69, 9.17) is 0 Å². The van der Waals surface area contributed by atoms with Gasteiger partial charge < -0.3 is 10.1 Å². The zero-order valence-electron chi connectivity index (χ0n) is 15.9. The molecule has 0 atom stereocenters. The number of aryl methyl sites for hydroxylation is 1. The molecule has 0 aliphatic carbocycles. The monoisotopic (exact) mass is 383 g/mol. The summed E-state index contributed by atoms with van der Waals surface area (Å²) < 4.78 is 43.3. The summed E-state index contributed by atoms with van der Waals surface area (Å²) in [4.78, 5) is 12.2. The van der Waals surface area contributed by atoms with Crippen molar-refractivity contribution >= 4 is 11.6 Å². The lowest BCUT2D eigenvalue weighted by Gasteiger charge is -2.14. The van der Waals surface area contributed by atoms with Gasteiger partial charge in [0.1, 0.15) is 0 Å². The molecule has 0 unspecified atom stereocenters. The molecule has 0 fully saturated rings. The smallest absolute Gasteiger partial charge is 0.404 e. The van der Waals surface area contributed by atoms with Crippen LogP contribution in [0.4, 0.5) is 18.9 Å². The Balaban J connectivity index is 2.03. The summed E-state index contributed by atoms with van der Waals surface area (Å²) in [6.45, 7) is 8.85. The molecule has 148 valence electrons. The van der Waals surface area contributed by atoms with Crippen LogP contribution in [-0.4, -0.2) is 22.1 Å². The number of benzene rings is 1. The minimum absolute atomic E-state index is 0.0104. The van der Waals surface area contributed by atoms with Crippen molar-refractivity contribution in [2.45, 2.75) is 53.4 Å². The molecule has 0 aliphatic rings. The van der Waals surface area contributed by atoms with E-state index in [0.29, 0.717) is 12.3 Å². The summed E-state index contributed by atoms with van der Waals surface area (Å²) in [6, 6.07) is 5.47. The number of hydrogen-bond acceptors (Lipinski definition) is 3. The fraction of sp³-hybridized carbons (Fsp3) is 0.474. The lowest BCUT2D eigenvalue weighted by atomic mass is 10.1. The average Bonchev–Trinajstić information content (AvgIpc) is 2.79. The number of amides is 1. The van der Waals surface area contributed by atoms with Gasteiger partial charge in [0.2, 0.25) is 5.91 Å². The molecule has 1 aromatic heterocycles. The Morgan fingerprint density at radius 2 is 1.93 bits per heavy atom. The summed E-state index contributed by atoms with van der Waals surface area (Å²) in [6.07, 6.45) is -4.22. The zero-order chi connectivity index (χ0) is 20.2. The Kier molecular flexibility index (Phi) is 6.51. The molecule has 8 heteroatoms. The maximum atomic E-state index is 12.5. The largest absolute Gasteiger partial charge is 0.573 e. The van der Waals surface area contributed by atoms with Gasteiger partial charge in [0.15, 0.2) is 5.75 Å². The number of nitrogens with one attached hydrogen (secondary N) is 1. The van der Waals surface area contributed by atoms with Crippen LogP contribution in [0.1, 0.15) is 37.2 Å². The second kappa shape index (κ2) is 8.45. The molecule has 2 aromatic rings. The molecule has 1 amide bonds. The van der Waals surface area contributed by atoms with Gasteiger partial charge in [-0.1, -0.05) is 26.0 Å². The topological polar surface area (TPSA) is 56.2 Å². The van der Waals surface area contributed by atoms with Gasteiger partial charge in [0, 0.05) is 18.7 Å². The van der Waals surface area contributed by atoms with E-state index in [-0.39, 0.29) is 18.0 Å². The highest BCUT2D eigenvalue weighted by Gasteiger charge is 2.32. The maximum absolute atomic E-state index is 12.5. The Bertz CT molecular complexity index is 798. The third kappa shape index (κ3) is 6.01. The number of carbonyl (C=O) groups is 1. The van der Waals surface area contributed by atoms with Crippen LogP contribution in [0.15, 0.2) is 24.3 Å². The van der Waals surface area contributed by atoms with Crippen molar-refractivity contribution in [2.24, 2.45) is 5.92 Å². The van der Waals surface area contributed by atoms with Gasteiger partial charge in [-0.25, -0.2) is 0 Å². The molecular weight excluding hydrogens is 359 g/mol. The molecule has 0 saturated carbocycles. The fourth-order valence-electron chi connectivity index (χ4n) is 2.85. The molecule has 0 radical (unpaired) electrons. The second-order valence-electron chi connectivity index (χ2n) is 6.82. The highest BCUT2D eigenvalue weighted by atomic mass is 19.4. The van der Waals surface area contributed by atoms with Crippen molar-refractivity contribution in [1.82, 2.24) is 9.78 Å². The lowest BCUT2D eigenvalue weighted by Crippen LogP contribution is -2.19. The number of para-hydroxylation sites is 2. The second-order valence-corrected chi connectivity index (χ2v) is 6.82. The van der Waals surface area contributed by atoms with Gasteiger partial charge in [0.05, 0.1) is 11.4 Å². The van der Waals surface area contributed by atoms with E-state index in [2.05, 4.69) is 29.0 Å². The minimum atomic E-state index is -4.82. The fourth-order valence-corrected chi connectivity index (χ4v) is 2.85. The first kappa shape index (κ1) is 20.8. The van der Waals surface area contributed by atoms with E-state index in [1.807, 2.05) is 18.5 Å². The highest BCUT2D eigenvalue weighted by Crippen LogP contribution is 2.30. The van der Waals surface area contributed by atoms with Crippen LogP contribution < -0.4 is 10.1 Å². The molecule has 1 N–H and O–H groups in total. The van der Waals surface area contributed by atoms with E-state index in [1.54, 1.807) is 0 Å². The predicted molar refractivity (Wildman–Crippen MR) is 96.6 cm³/mol. The molecule has 0 aliphatic heterocycles. The molecule has 1 heterocycles. The lowest BCUT2D eigenvalue weighted by molar-refractivity contribution is -0.274. The summed E-state index contributed by atoms with van der Waals surface area (Å²) in [7, 11) is 0. The number of hydrogen-bond donors (Lipinski definition) is 1. The van der Waals surface area contributed by atoms with Crippen LogP contribution in [0, 0.1) is 19.8 Å². The van der Waals surface area contributed by atoms with Crippen molar-refractivity contribution in [1.29, 1.82) is 0 Å². The molecule has 0 saturated heterocycles. The molecule has 2 rings (SSSR count). The number of carbonyl (C=O) groups excluding carboxylic acids is 1.